The van der Waals surface area contributed by atoms with Crippen molar-refractivity contribution in [2.24, 2.45) is 0 Å². The monoisotopic (exact) mass is 586 g/mol. The summed E-state index contributed by atoms with van der Waals surface area (Å²) < 4.78 is 35.0. The lowest BCUT2D eigenvalue weighted by atomic mass is 10.0. The van der Waals surface area contributed by atoms with Crippen LogP contribution in [0.25, 0.3) is 0 Å². The van der Waals surface area contributed by atoms with Crippen molar-refractivity contribution in [1.82, 2.24) is 9.80 Å². The number of hydrogen-bond acceptors (Lipinski definition) is 5. The summed E-state index contributed by atoms with van der Waals surface area (Å²) in [6.07, 6.45) is 5.91. The van der Waals surface area contributed by atoms with Crippen LogP contribution in [0.1, 0.15) is 61.0 Å². The lowest BCUT2D eigenvalue weighted by Gasteiger charge is -2.23. The first-order chi connectivity index (χ1) is 20.1. The van der Waals surface area contributed by atoms with E-state index in [2.05, 4.69) is 24.5 Å². The minimum Gasteiger partial charge on any atom is -0.499 e. The van der Waals surface area contributed by atoms with Gasteiger partial charge in [-0.2, -0.15) is 0 Å². The van der Waals surface area contributed by atoms with Crippen molar-refractivity contribution in [2.45, 2.75) is 53.0 Å². The predicted molar refractivity (Wildman–Crippen MR) is 160 cm³/mol. The lowest BCUT2D eigenvalue weighted by Crippen LogP contribution is -2.34. The molecule has 1 aliphatic heterocycles. The van der Waals surface area contributed by atoms with Gasteiger partial charge in [0.1, 0.15) is 6.61 Å². The van der Waals surface area contributed by atoms with Crippen LogP contribution in [-0.4, -0.2) is 72.8 Å². The van der Waals surface area contributed by atoms with E-state index in [0.717, 1.165) is 68.8 Å². The molecule has 0 aromatic heterocycles. The van der Waals surface area contributed by atoms with Gasteiger partial charge in [-0.05, 0) is 75.9 Å². The highest BCUT2D eigenvalue weighted by molar-refractivity contribution is 5.89. The van der Waals surface area contributed by atoms with Crippen LogP contribution in [0.2, 0.25) is 0 Å². The van der Waals surface area contributed by atoms with Crippen LogP contribution < -0.4 is 0 Å². The summed E-state index contributed by atoms with van der Waals surface area (Å²) in [4.78, 5) is 28.2. The van der Waals surface area contributed by atoms with E-state index >= 15 is 0 Å². The van der Waals surface area contributed by atoms with E-state index in [-0.39, 0.29) is 12.5 Å². The van der Waals surface area contributed by atoms with Gasteiger partial charge in [0, 0.05) is 32.6 Å². The molecule has 0 aliphatic carbocycles. The normalized spacial score (nSPS) is 15.3. The molecule has 1 heterocycles. The quantitative estimate of drug-likeness (QED) is 0.257. The number of carboxylic acids is 1. The second-order valence-electron chi connectivity index (χ2n) is 10.3. The van der Waals surface area contributed by atoms with E-state index < -0.39 is 17.6 Å². The number of aryl methyl sites for hydroxylation is 1. The number of carboxylic acid groups (broad SMARTS) is 1. The molecule has 0 bridgehead atoms. The number of benzene rings is 2. The van der Waals surface area contributed by atoms with Crippen LogP contribution >= 0.6 is 0 Å². The molecule has 0 saturated carbocycles. The van der Waals surface area contributed by atoms with Crippen molar-refractivity contribution in [3.63, 3.8) is 0 Å². The number of halogens is 2. The summed E-state index contributed by atoms with van der Waals surface area (Å²) in [5, 5.41) is 9.24. The van der Waals surface area contributed by atoms with Crippen molar-refractivity contribution >= 4 is 11.9 Å². The Morgan fingerprint density at radius 1 is 1.12 bits per heavy atom. The number of aromatic carboxylic acids is 1. The third-order valence-electron chi connectivity index (χ3n) is 6.74. The van der Waals surface area contributed by atoms with Gasteiger partial charge in [0.15, 0.2) is 11.6 Å². The molecule has 0 unspecified atom stereocenters. The number of allylic oxidation sites excluding steroid dienone is 2. The Bertz CT molecular complexity index is 1180. The average Bonchev–Trinajstić information content (AvgIpc) is 2.97. The maximum absolute atomic E-state index is 12.8. The maximum Gasteiger partial charge on any atom is 0.335 e. The molecule has 1 aliphatic rings. The minimum atomic E-state index is -0.936. The van der Waals surface area contributed by atoms with Gasteiger partial charge in [-0.25, -0.2) is 13.6 Å². The van der Waals surface area contributed by atoms with Gasteiger partial charge in [-0.3, -0.25) is 9.69 Å². The molecule has 2 aromatic carbocycles. The van der Waals surface area contributed by atoms with Crippen LogP contribution in [0.15, 0.2) is 66.5 Å². The molecule has 0 spiro atoms. The van der Waals surface area contributed by atoms with E-state index in [0.29, 0.717) is 37.4 Å². The third kappa shape index (κ3) is 13.0. The zero-order valence-electron chi connectivity index (χ0n) is 25.0. The van der Waals surface area contributed by atoms with Crippen LogP contribution in [0.3, 0.4) is 0 Å². The zero-order valence-corrected chi connectivity index (χ0v) is 25.0. The molecule has 9 heteroatoms. The zero-order chi connectivity index (χ0) is 30.9. The molecule has 7 nitrogen and oxygen atoms in total. The summed E-state index contributed by atoms with van der Waals surface area (Å²) in [6.45, 7) is 14.8. The fourth-order valence-electron chi connectivity index (χ4n) is 4.54. The molecule has 1 fully saturated rings. The SMILES string of the molecule is C=C(CC/C=C(\C)CN1CCCCN(Cc2ccc(C(=O)O)c(C)c2)C(=O)COCC1)OCC.Fc1ccccc1F. The second kappa shape index (κ2) is 18.8. The van der Waals surface area contributed by atoms with Crippen LogP contribution in [0.5, 0.6) is 0 Å². The maximum atomic E-state index is 12.8. The summed E-state index contributed by atoms with van der Waals surface area (Å²) in [7, 11) is 0. The number of carbonyl (C=O) groups excluding carboxylic acids is 1. The highest BCUT2D eigenvalue weighted by atomic mass is 19.2. The topological polar surface area (TPSA) is 79.3 Å². The summed E-state index contributed by atoms with van der Waals surface area (Å²) in [5.41, 5.74) is 3.24. The van der Waals surface area contributed by atoms with E-state index in [4.69, 9.17) is 9.47 Å². The van der Waals surface area contributed by atoms with E-state index in [1.807, 2.05) is 17.9 Å². The largest absolute Gasteiger partial charge is 0.499 e. The first-order valence-electron chi connectivity index (χ1n) is 14.4. The van der Waals surface area contributed by atoms with Crippen molar-refractivity contribution in [1.29, 1.82) is 0 Å². The molecule has 230 valence electrons. The first-order valence-corrected chi connectivity index (χ1v) is 14.4. The Hall–Kier alpha value is -3.56. The third-order valence-corrected chi connectivity index (χ3v) is 6.74. The van der Waals surface area contributed by atoms with E-state index in [9.17, 15) is 23.5 Å². The molecule has 2 aromatic rings. The van der Waals surface area contributed by atoms with Crippen molar-refractivity contribution in [2.75, 3.05) is 46.0 Å². The van der Waals surface area contributed by atoms with Gasteiger partial charge in [-0.15, -0.1) is 0 Å². The lowest BCUT2D eigenvalue weighted by molar-refractivity contribution is -0.136. The number of nitrogens with zero attached hydrogens (tertiary/aromatic N) is 2. The van der Waals surface area contributed by atoms with E-state index in [1.165, 1.54) is 17.7 Å². The molecule has 0 atom stereocenters. The summed E-state index contributed by atoms with van der Waals surface area (Å²) in [6, 6.07) is 10.3. The van der Waals surface area contributed by atoms with Gasteiger partial charge < -0.3 is 19.5 Å². The van der Waals surface area contributed by atoms with Crippen molar-refractivity contribution in [3.8, 4) is 0 Å². The van der Waals surface area contributed by atoms with Gasteiger partial charge in [0.2, 0.25) is 5.91 Å². The molecule has 1 N–H and O–H groups in total. The summed E-state index contributed by atoms with van der Waals surface area (Å²) >= 11 is 0. The Labute approximate surface area is 248 Å². The first kappa shape index (κ1) is 34.6. The van der Waals surface area contributed by atoms with Crippen molar-refractivity contribution < 1.29 is 33.0 Å². The molecule has 42 heavy (non-hydrogen) atoms. The molecule has 1 saturated heterocycles. The predicted octanol–water partition coefficient (Wildman–Crippen LogP) is 6.38. The molecule has 1 amide bonds. The Kier molecular flexibility index (Phi) is 15.5. The Morgan fingerprint density at radius 2 is 1.81 bits per heavy atom. The Balaban J connectivity index is 0.000000661. The minimum absolute atomic E-state index is 0.0287. The number of ether oxygens (including phenoxy) is 2. The second-order valence-corrected chi connectivity index (χ2v) is 10.3. The highest BCUT2D eigenvalue weighted by Gasteiger charge is 2.17. The fraction of sp³-hybridized carbons (Fsp3) is 0.455. The molecular formula is C33H44F2N2O5. The highest BCUT2D eigenvalue weighted by Crippen LogP contribution is 2.15. The van der Waals surface area contributed by atoms with Gasteiger partial charge in [0.25, 0.3) is 0 Å². The molecule has 0 radical (unpaired) electrons. The fourth-order valence-corrected chi connectivity index (χ4v) is 4.54. The standard InChI is InChI=1S/C27H40N2O5.C6H4F2/c1-5-34-23(4)10-8-9-21(2)18-28-13-6-7-14-29(26(30)20-33-16-15-28)19-24-11-12-25(27(31)32)22(3)17-24;7-5-3-1-2-4-6(5)8/h9,11-12,17H,4-8,10,13-16,18-20H2,1-3H3,(H,31,32);1-4H/b21-9+;. The number of rotatable bonds is 10. The summed E-state index contributed by atoms with van der Waals surface area (Å²) in [5.74, 6) is -1.73. The molecule has 3 rings (SSSR count). The number of carbonyl (C=O) groups is 2. The van der Waals surface area contributed by atoms with Crippen molar-refractivity contribution in [3.05, 3.63) is 94.8 Å². The van der Waals surface area contributed by atoms with E-state index in [1.54, 1.807) is 19.1 Å². The number of hydrogen-bond donors (Lipinski definition) is 1. The van der Waals surface area contributed by atoms with Gasteiger partial charge >= 0.3 is 5.97 Å². The van der Waals surface area contributed by atoms with Crippen LogP contribution in [-0.2, 0) is 20.8 Å². The molecular weight excluding hydrogens is 542 g/mol. The average molecular weight is 587 g/mol. The number of amides is 1. The van der Waals surface area contributed by atoms with Gasteiger partial charge in [0.05, 0.1) is 24.5 Å². The van der Waals surface area contributed by atoms with Gasteiger partial charge in [-0.1, -0.05) is 42.5 Å². The van der Waals surface area contributed by atoms with Crippen LogP contribution in [0.4, 0.5) is 8.78 Å². The van der Waals surface area contributed by atoms with Crippen LogP contribution in [0, 0.1) is 18.6 Å². The smallest absolute Gasteiger partial charge is 0.335 e. The Morgan fingerprint density at radius 3 is 2.43 bits per heavy atom.